The molecule has 0 radical (unpaired) electrons. The second kappa shape index (κ2) is 5.13. The summed E-state index contributed by atoms with van der Waals surface area (Å²) < 4.78 is 2.01. The van der Waals surface area contributed by atoms with Gasteiger partial charge >= 0.3 is 0 Å². The summed E-state index contributed by atoms with van der Waals surface area (Å²) in [5.41, 5.74) is 4.30. The lowest BCUT2D eigenvalue weighted by Crippen LogP contribution is -2.25. The molecule has 0 bridgehead atoms. The van der Waals surface area contributed by atoms with E-state index in [-0.39, 0.29) is 0 Å². The molecule has 1 N–H and O–H groups in total. The fourth-order valence-electron chi connectivity index (χ4n) is 2.75. The molecule has 0 unspecified atom stereocenters. The number of aromatic nitrogens is 3. The van der Waals surface area contributed by atoms with Crippen LogP contribution in [-0.4, -0.2) is 21.3 Å². The van der Waals surface area contributed by atoms with E-state index >= 15 is 0 Å². The van der Waals surface area contributed by atoms with Crippen LogP contribution in [0.1, 0.15) is 42.4 Å². The van der Waals surface area contributed by atoms with E-state index in [4.69, 9.17) is 0 Å². The normalized spacial score (nSPS) is 14.7. The van der Waals surface area contributed by atoms with E-state index in [9.17, 15) is 0 Å². The van der Waals surface area contributed by atoms with Crippen molar-refractivity contribution >= 4 is 0 Å². The van der Waals surface area contributed by atoms with Crippen LogP contribution in [0.2, 0.25) is 0 Å². The molecule has 0 atom stereocenters. The van der Waals surface area contributed by atoms with Gasteiger partial charge in [-0.25, -0.2) is 9.67 Å². The Kier molecular flexibility index (Phi) is 3.34. The number of nitrogens with one attached hydrogen (secondary N) is 1. The van der Waals surface area contributed by atoms with Crippen molar-refractivity contribution in [3.8, 4) is 0 Å². The van der Waals surface area contributed by atoms with Crippen LogP contribution in [0.25, 0.3) is 0 Å². The second-order valence-electron chi connectivity index (χ2n) is 5.37. The van der Waals surface area contributed by atoms with Gasteiger partial charge in [-0.1, -0.05) is 18.2 Å². The van der Waals surface area contributed by atoms with Crippen LogP contribution in [0.5, 0.6) is 0 Å². The van der Waals surface area contributed by atoms with Crippen molar-refractivity contribution in [3.63, 3.8) is 0 Å². The molecule has 0 aliphatic carbocycles. The molecule has 2 aromatic rings. The molecular formula is C15H20N4. The highest BCUT2D eigenvalue weighted by atomic mass is 15.3. The van der Waals surface area contributed by atoms with Crippen molar-refractivity contribution in [1.82, 2.24) is 20.1 Å². The largest absolute Gasteiger partial charge is 0.312 e. The average Bonchev–Trinajstić information content (AvgIpc) is 2.87. The zero-order valence-electron chi connectivity index (χ0n) is 11.6. The summed E-state index contributed by atoms with van der Waals surface area (Å²) in [6.07, 6.45) is 3.64. The Balaban J connectivity index is 1.93. The Bertz CT molecular complexity index is 571. The van der Waals surface area contributed by atoms with Crippen molar-refractivity contribution in [2.45, 2.75) is 39.3 Å². The van der Waals surface area contributed by atoms with E-state index in [1.165, 1.54) is 16.7 Å². The molecule has 1 aromatic carbocycles. The molecule has 3 rings (SSSR count). The number of hydrogen-bond donors (Lipinski definition) is 1. The molecule has 0 spiro atoms. The quantitative estimate of drug-likeness (QED) is 0.914. The summed E-state index contributed by atoms with van der Waals surface area (Å²) in [6, 6.07) is 6.98. The maximum atomic E-state index is 4.41. The predicted molar refractivity (Wildman–Crippen MR) is 75.1 cm³/mol. The van der Waals surface area contributed by atoms with Gasteiger partial charge in [0.2, 0.25) is 0 Å². The third-order valence-electron chi connectivity index (χ3n) is 3.73. The first-order valence-electron chi connectivity index (χ1n) is 6.94. The van der Waals surface area contributed by atoms with Crippen LogP contribution in [0, 0.1) is 0 Å². The predicted octanol–water partition coefficient (Wildman–Crippen LogP) is 2.10. The minimum absolute atomic E-state index is 0.357. The number of rotatable bonds is 3. The van der Waals surface area contributed by atoms with E-state index in [2.05, 4.69) is 47.4 Å². The van der Waals surface area contributed by atoms with Crippen molar-refractivity contribution in [3.05, 3.63) is 47.0 Å². The van der Waals surface area contributed by atoms with Gasteiger partial charge in [0.25, 0.3) is 0 Å². The Labute approximate surface area is 113 Å². The van der Waals surface area contributed by atoms with Gasteiger partial charge in [-0.2, -0.15) is 5.10 Å². The SMILES string of the molecule is CC(C)n1ncnc1Cc1cccc2c1CNCC2. The Morgan fingerprint density at radius 3 is 3.11 bits per heavy atom. The van der Waals surface area contributed by atoms with Gasteiger partial charge in [-0.3, -0.25) is 0 Å². The lowest BCUT2D eigenvalue weighted by molar-refractivity contribution is 0.509. The van der Waals surface area contributed by atoms with Crippen LogP contribution in [-0.2, 0) is 19.4 Å². The summed E-state index contributed by atoms with van der Waals surface area (Å²) in [7, 11) is 0. The minimum atomic E-state index is 0.357. The summed E-state index contributed by atoms with van der Waals surface area (Å²) in [5, 5.41) is 7.77. The highest BCUT2D eigenvalue weighted by Crippen LogP contribution is 2.21. The highest BCUT2D eigenvalue weighted by Gasteiger charge is 2.15. The average molecular weight is 256 g/mol. The molecule has 2 heterocycles. The molecule has 0 fully saturated rings. The number of benzene rings is 1. The number of hydrogen-bond acceptors (Lipinski definition) is 3. The molecule has 1 aliphatic heterocycles. The fraction of sp³-hybridized carbons (Fsp3) is 0.467. The van der Waals surface area contributed by atoms with Crippen molar-refractivity contribution in [2.75, 3.05) is 6.54 Å². The molecule has 1 aromatic heterocycles. The smallest absolute Gasteiger partial charge is 0.138 e. The molecule has 0 saturated carbocycles. The molecule has 100 valence electrons. The molecule has 0 saturated heterocycles. The molecule has 4 nitrogen and oxygen atoms in total. The van der Waals surface area contributed by atoms with E-state index < -0.39 is 0 Å². The number of nitrogens with zero attached hydrogens (tertiary/aromatic N) is 3. The zero-order chi connectivity index (χ0) is 13.2. The first-order valence-corrected chi connectivity index (χ1v) is 6.94. The van der Waals surface area contributed by atoms with Gasteiger partial charge < -0.3 is 5.32 Å². The molecule has 1 aliphatic rings. The Morgan fingerprint density at radius 2 is 2.26 bits per heavy atom. The first-order chi connectivity index (χ1) is 9.25. The van der Waals surface area contributed by atoms with Crippen molar-refractivity contribution in [2.24, 2.45) is 0 Å². The molecular weight excluding hydrogens is 236 g/mol. The van der Waals surface area contributed by atoms with E-state index in [1.807, 2.05) is 4.68 Å². The maximum absolute atomic E-state index is 4.41. The van der Waals surface area contributed by atoms with Gasteiger partial charge in [0.1, 0.15) is 12.2 Å². The minimum Gasteiger partial charge on any atom is -0.312 e. The first kappa shape index (κ1) is 12.4. The van der Waals surface area contributed by atoms with Crippen molar-refractivity contribution in [1.29, 1.82) is 0 Å². The monoisotopic (exact) mass is 256 g/mol. The summed E-state index contributed by atoms with van der Waals surface area (Å²) in [4.78, 5) is 4.41. The van der Waals surface area contributed by atoms with Gasteiger partial charge in [-0.15, -0.1) is 0 Å². The van der Waals surface area contributed by atoms with Crippen LogP contribution in [0.4, 0.5) is 0 Å². The molecule has 4 heteroatoms. The van der Waals surface area contributed by atoms with E-state index in [0.717, 1.165) is 31.8 Å². The van der Waals surface area contributed by atoms with Crippen LogP contribution in [0.15, 0.2) is 24.5 Å². The summed E-state index contributed by atoms with van der Waals surface area (Å²) in [5.74, 6) is 1.05. The van der Waals surface area contributed by atoms with Gasteiger partial charge in [0.05, 0.1) is 0 Å². The van der Waals surface area contributed by atoms with Crippen molar-refractivity contribution < 1.29 is 0 Å². The highest BCUT2D eigenvalue weighted by molar-refractivity contribution is 5.38. The van der Waals surface area contributed by atoms with E-state index in [1.54, 1.807) is 6.33 Å². The molecule has 0 amide bonds. The third-order valence-corrected chi connectivity index (χ3v) is 3.73. The topological polar surface area (TPSA) is 42.7 Å². The fourth-order valence-corrected chi connectivity index (χ4v) is 2.75. The standard InChI is InChI=1S/C15H20N4/c1-11(2)19-15(17-10-18-19)8-13-5-3-4-12-6-7-16-9-14(12)13/h3-5,10-11,16H,6-9H2,1-2H3. The summed E-state index contributed by atoms with van der Waals surface area (Å²) in [6.45, 7) is 6.33. The Hall–Kier alpha value is -1.68. The Morgan fingerprint density at radius 1 is 1.37 bits per heavy atom. The third kappa shape index (κ3) is 2.40. The van der Waals surface area contributed by atoms with Gasteiger partial charge in [0.15, 0.2) is 0 Å². The maximum Gasteiger partial charge on any atom is 0.138 e. The van der Waals surface area contributed by atoms with E-state index in [0.29, 0.717) is 6.04 Å². The second-order valence-corrected chi connectivity index (χ2v) is 5.37. The van der Waals surface area contributed by atoms with Crippen LogP contribution < -0.4 is 5.32 Å². The lowest BCUT2D eigenvalue weighted by Gasteiger charge is -2.20. The number of fused-ring (bicyclic) bond motifs is 1. The van der Waals surface area contributed by atoms with Gasteiger partial charge in [-0.05, 0) is 43.5 Å². The lowest BCUT2D eigenvalue weighted by atomic mass is 9.94. The zero-order valence-corrected chi connectivity index (χ0v) is 11.6. The summed E-state index contributed by atoms with van der Waals surface area (Å²) >= 11 is 0. The van der Waals surface area contributed by atoms with Crippen LogP contribution >= 0.6 is 0 Å². The molecule has 19 heavy (non-hydrogen) atoms. The van der Waals surface area contributed by atoms with Gasteiger partial charge in [0, 0.05) is 19.0 Å². The van der Waals surface area contributed by atoms with Crippen LogP contribution in [0.3, 0.4) is 0 Å².